The number of benzene rings is 2. The van der Waals surface area contributed by atoms with Crippen LogP contribution in [0.5, 0.6) is 0 Å². The van der Waals surface area contributed by atoms with E-state index < -0.39 is 0 Å². The quantitative estimate of drug-likeness (QED) is 0.870. The standard InChI is InChI=1S/C18H23NO/c1-13-9-14(2)18(15(3)10-13)19-11-16-7-5-6-8-17(16)12-20-4/h5-10,19H,11-12H2,1-4H3. The molecule has 0 atom stereocenters. The molecule has 2 rings (SSSR count). The van der Waals surface area contributed by atoms with Crippen molar-refractivity contribution in [3.8, 4) is 0 Å². The minimum absolute atomic E-state index is 0.656. The largest absolute Gasteiger partial charge is 0.381 e. The fraction of sp³-hybridized carbons (Fsp3) is 0.333. The maximum absolute atomic E-state index is 5.26. The number of nitrogens with one attached hydrogen (secondary N) is 1. The molecule has 0 bridgehead atoms. The predicted octanol–water partition coefficient (Wildman–Crippen LogP) is 4.37. The van der Waals surface area contributed by atoms with Crippen LogP contribution in [0.25, 0.3) is 0 Å². The summed E-state index contributed by atoms with van der Waals surface area (Å²) in [7, 11) is 1.73. The van der Waals surface area contributed by atoms with E-state index in [2.05, 4.69) is 62.5 Å². The van der Waals surface area contributed by atoms with E-state index in [9.17, 15) is 0 Å². The van der Waals surface area contributed by atoms with Gasteiger partial charge in [-0.1, -0.05) is 42.0 Å². The average molecular weight is 269 g/mol. The van der Waals surface area contributed by atoms with Gasteiger partial charge >= 0.3 is 0 Å². The van der Waals surface area contributed by atoms with E-state index in [0.717, 1.165) is 6.54 Å². The highest BCUT2D eigenvalue weighted by Gasteiger charge is 2.05. The van der Waals surface area contributed by atoms with E-state index in [1.165, 1.54) is 33.5 Å². The summed E-state index contributed by atoms with van der Waals surface area (Å²) in [6.07, 6.45) is 0. The molecule has 1 N–H and O–H groups in total. The lowest BCUT2D eigenvalue weighted by molar-refractivity contribution is 0.184. The first-order valence-corrected chi connectivity index (χ1v) is 6.99. The summed E-state index contributed by atoms with van der Waals surface area (Å²) < 4.78 is 5.26. The Morgan fingerprint density at radius 3 is 2.15 bits per heavy atom. The summed E-state index contributed by atoms with van der Waals surface area (Å²) in [5, 5.41) is 3.57. The minimum atomic E-state index is 0.656. The van der Waals surface area contributed by atoms with Crippen LogP contribution in [0.3, 0.4) is 0 Å². The third kappa shape index (κ3) is 3.40. The third-order valence-corrected chi connectivity index (χ3v) is 3.55. The Balaban J connectivity index is 2.17. The van der Waals surface area contributed by atoms with Crippen LogP contribution < -0.4 is 5.32 Å². The van der Waals surface area contributed by atoms with Crippen molar-refractivity contribution in [1.82, 2.24) is 0 Å². The number of anilines is 1. The van der Waals surface area contributed by atoms with Crippen molar-refractivity contribution in [3.05, 3.63) is 64.2 Å². The Morgan fingerprint density at radius 1 is 0.950 bits per heavy atom. The molecule has 106 valence electrons. The van der Waals surface area contributed by atoms with Gasteiger partial charge in [-0.25, -0.2) is 0 Å². The van der Waals surface area contributed by atoms with Crippen molar-refractivity contribution in [2.75, 3.05) is 12.4 Å². The van der Waals surface area contributed by atoms with E-state index >= 15 is 0 Å². The Bertz CT molecular complexity index is 567. The zero-order chi connectivity index (χ0) is 14.5. The Morgan fingerprint density at radius 2 is 1.55 bits per heavy atom. The molecule has 2 heteroatoms. The molecule has 2 nitrogen and oxygen atoms in total. The van der Waals surface area contributed by atoms with Crippen LogP contribution in [0, 0.1) is 20.8 Å². The molecule has 2 aromatic rings. The Hall–Kier alpha value is -1.80. The molecule has 0 aliphatic carbocycles. The summed E-state index contributed by atoms with van der Waals surface area (Å²) in [5.41, 5.74) is 7.67. The molecule has 0 saturated heterocycles. The number of aryl methyl sites for hydroxylation is 3. The molecule has 0 spiro atoms. The van der Waals surface area contributed by atoms with E-state index in [1.807, 2.05) is 0 Å². The summed E-state index contributed by atoms with van der Waals surface area (Å²) in [6.45, 7) is 7.93. The van der Waals surface area contributed by atoms with Crippen molar-refractivity contribution in [1.29, 1.82) is 0 Å². The minimum Gasteiger partial charge on any atom is -0.381 e. The van der Waals surface area contributed by atoms with Crippen LogP contribution in [0.2, 0.25) is 0 Å². The van der Waals surface area contributed by atoms with Gasteiger partial charge < -0.3 is 10.1 Å². The first kappa shape index (κ1) is 14.6. The maximum atomic E-state index is 5.26. The summed E-state index contributed by atoms with van der Waals surface area (Å²) >= 11 is 0. The van der Waals surface area contributed by atoms with Crippen molar-refractivity contribution in [3.63, 3.8) is 0 Å². The van der Waals surface area contributed by atoms with Crippen LogP contribution in [-0.2, 0) is 17.9 Å². The summed E-state index contributed by atoms with van der Waals surface area (Å²) in [6, 6.07) is 12.8. The van der Waals surface area contributed by atoms with Gasteiger partial charge in [0.2, 0.25) is 0 Å². The van der Waals surface area contributed by atoms with Gasteiger partial charge in [-0.3, -0.25) is 0 Å². The molecule has 0 aromatic heterocycles. The number of hydrogen-bond donors (Lipinski definition) is 1. The number of ether oxygens (including phenoxy) is 1. The summed E-state index contributed by atoms with van der Waals surface area (Å²) in [5.74, 6) is 0. The zero-order valence-corrected chi connectivity index (χ0v) is 12.8. The predicted molar refractivity (Wildman–Crippen MR) is 85.1 cm³/mol. The lowest BCUT2D eigenvalue weighted by atomic mass is 10.0. The van der Waals surface area contributed by atoms with Crippen molar-refractivity contribution < 1.29 is 4.74 Å². The highest BCUT2D eigenvalue weighted by atomic mass is 16.5. The highest BCUT2D eigenvalue weighted by molar-refractivity contribution is 5.58. The van der Waals surface area contributed by atoms with Crippen molar-refractivity contribution in [2.45, 2.75) is 33.9 Å². The molecule has 0 unspecified atom stereocenters. The molecule has 0 saturated carbocycles. The van der Waals surface area contributed by atoms with Gasteiger partial charge in [0.25, 0.3) is 0 Å². The Labute approximate surface area is 121 Å². The second-order valence-electron chi connectivity index (χ2n) is 5.33. The van der Waals surface area contributed by atoms with Gasteiger partial charge in [0, 0.05) is 19.3 Å². The van der Waals surface area contributed by atoms with Gasteiger partial charge in [-0.15, -0.1) is 0 Å². The number of methoxy groups -OCH3 is 1. The number of hydrogen-bond acceptors (Lipinski definition) is 2. The third-order valence-electron chi connectivity index (χ3n) is 3.55. The van der Waals surface area contributed by atoms with Gasteiger partial charge in [0.05, 0.1) is 6.61 Å². The molecule has 0 radical (unpaired) electrons. The Kier molecular flexibility index (Phi) is 4.80. The van der Waals surface area contributed by atoms with Crippen LogP contribution in [-0.4, -0.2) is 7.11 Å². The van der Waals surface area contributed by atoms with Gasteiger partial charge in [0.1, 0.15) is 0 Å². The fourth-order valence-corrected chi connectivity index (χ4v) is 2.67. The normalized spacial score (nSPS) is 10.6. The first-order chi connectivity index (χ1) is 9.61. The smallest absolute Gasteiger partial charge is 0.0716 e. The first-order valence-electron chi connectivity index (χ1n) is 6.99. The molecular weight excluding hydrogens is 246 g/mol. The monoisotopic (exact) mass is 269 g/mol. The van der Waals surface area contributed by atoms with E-state index in [0.29, 0.717) is 6.61 Å². The molecule has 0 amide bonds. The second kappa shape index (κ2) is 6.58. The van der Waals surface area contributed by atoms with Gasteiger partial charge in [0.15, 0.2) is 0 Å². The van der Waals surface area contributed by atoms with Crippen LogP contribution in [0.15, 0.2) is 36.4 Å². The van der Waals surface area contributed by atoms with Gasteiger partial charge in [-0.2, -0.15) is 0 Å². The highest BCUT2D eigenvalue weighted by Crippen LogP contribution is 2.23. The summed E-state index contributed by atoms with van der Waals surface area (Å²) in [4.78, 5) is 0. The maximum Gasteiger partial charge on any atom is 0.0716 e. The van der Waals surface area contributed by atoms with Crippen molar-refractivity contribution in [2.24, 2.45) is 0 Å². The van der Waals surface area contributed by atoms with E-state index in [4.69, 9.17) is 4.74 Å². The van der Waals surface area contributed by atoms with E-state index in [-0.39, 0.29) is 0 Å². The molecule has 20 heavy (non-hydrogen) atoms. The molecule has 2 aromatic carbocycles. The van der Waals surface area contributed by atoms with Gasteiger partial charge in [-0.05, 0) is 43.0 Å². The lowest BCUT2D eigenvalue weighted by Crippen LogP contribution is -2.06. The topological polar surface area (TPSA) is 21.3 Å². The van der Waals surface area contributed by atoms with Crippen LogP contribution in [0.4, 0.5) is 5.69 Å². The fourth-order valence-electron chi connectivity index (χ4n) is 2.67. The second-order valence-corrected chi connectivity index (χ2v) is 5.33. The van der Waals surface area contributed by atoms with Crippen molar-refractivity contribution >= 4 is 5.69 Å². The molecule has 0 aliphatic rings. The molecule has 0 fully saturated rings. The van der Waals surface area contributed by atoms with Crippen LogP contribution in [0.1, 0.15) is 27.8 Å². The molecular formula is C18H23NO. The average Bonchev–Trinajstić information content (AvgIpc) is 2.39. The van der Waals surface area contributed by atoms with E-state index in [1.54, 1.807) is 7.11 Å². The van der Waals surface area contributed by atoms with Crippen LogP contribution >= 0.6 is 0 Å². The number of rotatable bonds is 5. The lowest BCUT2D eigenvalue weighted by Gasteiger charge is -2.15. The SMILES string of the molecule is COCc1ccccc1CNc1c(C)cc(C)cc1C. The molecule has 0 aliphatic heterocycles. The molecule has 0 heterocycles. The zero-order valence-electron chi connectivity index (χ0n) is 12.8.